The molecule has 0 aliphatic carbocycles. The molecule has 626 valence electrons. The standard InChI is InChI=1S/C78H110N18O19/c1-9-28-82-67(104)62(39-97)94-78(115)66(44(7)99)96-76(113)56(31-42(4)5)88-69(106)54(26-27-63(79)102)87-68(105)53-21-15-16-29-81-64(103)36-61(92-71(108)58(32-46-17-11-10-12-18-46)93-77(114)65(43(6)98)95-75(112)55(30-41(2)3)85-45(8)100)74(111)91-60(35-49-38-80-40-84-49)73(110)89-57(33-47-22-24-50(101)25-23-47)70(107)90-59(72(109)86-53)34-48-37-83-52-20-14-13-19-51(48)52/h10-14,17-20,22-25,37-38,40-44,53-62,65-66,83,97-99,101H,9,15-16,21,26-36,39H2,1-8H3,(H2,79,102)(H,80,84)(H,81,103)(H,82,104)(H,85,100)(H,86,109)(H,87,105)(H,88,106)(H,89,110)(H,90,107)(H,91,111)(H,92,108)(H,93,114)(H,94,115)(H,95,112)(H,96,113)/t43-,44-,53+,54+,55+,56+,57+,58+,59+,60+,61+,62+,65+,66+/m1/s1. The van der Waals surface area contributed by atoms with Crippen LogP contribution in [-0.2, 0) is 97.6 Å². The molecule has 0 saturated carbocycles. The van der Waals surface area contributed by atoms with Crippen molar-refractivity contribution in [2.24, 2.45) is 17.6 Å². The molecule has 0 radical (unpaired) electrons. The van der Waals surface area contributed by atoms with Crippen molar-refractivity contribution in [2.75, 3.05) is 19.7 Å². The Morgan fingerprint density at radius 1 is 0.574 bits per heavy atom. The number of phenols is 1. The van der Waals surface area contributed by atoms with Crippen molar-refractivity contribution < 1.29 is 92.3 Å². The molecule has 0 spiro atoms. The lowest BCUT2D eigenvalue weighted by Crippen LogP contribution is -2.62. The number of benzene rings is 3. The summed E-state index contributed by atoms with van der Waals surface area (Å²) in [7, 11) is 0. The zero-order chi connectivity index (χ0) is 84.6. The Morgan fingerprint density at radius 2 is 1.13 bits per heavy atom. The molecule has 115 heavy (non-hydrogen) atoms. The van der Waals surface area contributed by atoms with Gasteiger partial charge in [-0.15, -0.1) is 0 Å². The minimum atomic E-state index is -1.91. The van der Waals surface area contributed by atoms with Crippen LogP contribution >= 0.6 is 0 Å². The largest absolute Gasteiger partial charge is 0.508 e. The molecule has 6 rings (SSSR count). The fourth-order valence-corrected chi connectivity index (χ4v) is 12.6. The molecular weight excluding hydrogens is 1490 g/mol. The summed E-state index contributed by atoms with van der Waals surface area (Å²) in [6.45, 7) is 11.5. The zero-order valence-corrected chi connectivity index (χ0v) is 65.7. The van der Waals surface area contributed by atoms with E-state index in [0.717, 1.165) is 0 Å². The van der Waals surface area contributed by atoms with Crippen LogP contribution in [0, 0.1) is 11.8 Å². The van der Waals surface area contributed by atoms with Gasteiger partial charge in [-0.1, -0.05) is 95.3 Å². The Bertz CT molecular complexity index is 4140. The van der Waals surface area contributed by atoms with Crippen molar-refractivity contribution >= 4 is 99.5 Å². The summed E-state index contributed by atoms with van der Waals surface area (Å²) in [5.74, 6) is -15.1. The number of nitrogens with zero attached hydrogens (tertiary/aromatic N) is 1. The number of nitrogens with two attached hydrogens (primary N) is 1. The third kappa shape index (κ3) is 30.2. The number of aromatic hydroxyl groups is 1. The average molecular weight is 1600 g/mol. The van der Waals surface area contributed by atoms with Gasteiger partial charge >= 0.3 is 0 Å². The minimum absolute atomic E-state index is 0.000447. The highest BCUT2D eigenvalue weighted by molar-refractivity contribution is 6.01. The summed E-state index contributed by atoms with van der Waals surface area (Å²) in [6, 6.07) is 1.22. The van der Waals surface area contributed by atoms with Crippen molar-refractivity contribution in [1.82, 2.24) is 89.4 Å². The number of aromatic amines is 2. The quantitative estimate of drug-likeness (QED) is 0.0190. The number of para-hydroxylation sites is 1. The molecule has 0 unspecified atom stereocenters. The van der Waals surface area contributed by atoms with Gasteiger partial charge < -0.3 is 111 Å². The van der Waals surface area contributed by atoms with Crippen LogP contribution in [0.3, 0.4) is 0 Å². The topological polar surface area (TPSA) is 576 Å². The third-order valence-electron chi connectivity index (χ3n) is 18.7. The Kier molecular flexibility index (Phi) is 36.6. The lowest BCUT2D eigenvalue weighted by atomic mass is 10.00. The average Bonchev–Trinajstić information content (AvgIpc) is 1.73. The Balaban J connectivity index is 1.41. The Hall–Kier alpha value is -11.9. The highest BCUT2D eigenvalue weighted by atomic mass is 16.3. The summed E-state index contributed by atoms with van der Waals surface area (Å²) in [4.78, 5) is 224. The lowest BCUT2D eigenvalue weighted by Gasteiger charge is -2.29. The molecule has 37 nitrogen and oxygen atoms in total. The molecule has 37 heteroatoms. The maximum absolute atomic E-state index is 15.4. The summed E-state index contributed by atoms with van der Waals surface area (Å²) < 4.78 is 0. The van der Waals surface area contributed by atoms with E-state index in [1.807, 2.05) is 0 Å². The number of primary amides is 1. The summed E-state index contributed by atoms with van der Waals surface area (Å²) in [5.41, 5.74) is 7.79. The first kappa shape index (κ1) is 92.0. The van der Waals surface area contributed by atoms with Crippen LogP contribution in [0.25, 0.3) is 10.9 Å². The molecule has 14 atom stereocenters. The predicted molar refractivity (Wildman–Crippen MR) is 418 cm³/mol. The molecule has 3 aromatic carbocycles. The molecule has 2 aromatic heterocycles. The van der Waals surface area contributed by atoms with Gasteiger partial charge in [0.1, 0.15) is 78.3 Å². The third-order valence-corrected chi connectivity index (χ3v) is 18.7. The highest BCUT2D eigenvalue weighted by Crippen LogP contribution is 2.21. The number of nitrogens with one attached hydrogen (secondary N) is 16. The van der Waals surface area contributed by atoms with Gasteiger partial charge in [-0.3, -0.25) is 71.9 Å². The number of hydrogen-bond donors (Lipinski definition) is 21. The molecule has 15 amide bonds. The molecule has 1 saturated heterocycles. The zero-order valence-electron chi connectivity index (χ0n) is 65.7. The maximum atomic E-state index is 15.4. The van der Waals surface area contributed by atoms with Gasteiger partial charge in [-0.05, 0) is 106 Å². The first-order chi connectivity index (χ1) is 54.6. The molecule has 5 aromatic rings. The van der Waals surface area contributed by atoms with Crippen molar-refractivity contribution in [1.29, 1.82) is 0 Å². The first-order valence-corrected chi connectivity index (χ1v) is 38.4. The van der Waals surface area contributed by atoms with Gasteiger partial charge in [-0.2, -0.15) is 0 Å². The minimum Gasteiger partial charge on any atom is -0.508 e. The van der Waals surface area contributed by atoms with E-state index in [9.17, 15) is 63.6 Å². The number of aliphatic hydroxyl groups excluding tert-OH is 3. The van der Waals surface area contributed by atoms with Gasteiger partial charge in [0, 0.05) is 81.1 Å². The SMILES string of the molecule is CCCNC(=O)[C@H](CO)NC(=O)[C@@H](NC(=O)[C@H](CC(C)C)NC(=O)[C@H](CCC(N)=O)NC(=O)[C@@H]1CCCCNC(=O)C[C@H](NC(=O)[C@H](Cc2ccccc2)NC(=O)[C@@H](NC(=O)[C@H](CC(C)C)NC(C)=O)[C@@H](C)O)C(=O)N[C@@H](Cc2cnc[nH]2)C(=O)N[C@@H](Cc2ccc(O)cc2)C(=O)N[C@@H](Cc2c[nH]c3ccccc23)C(=O)N1)[C@@H](C)O. The van der Waals surface area contributed by atoms with Crippen molar-refractivity contribution in [3.8, 4) is 5.75 Å². The van der Waals surface area contributed by atoms with Gasteiger partial charge in [0.25, 0.3) is 0 Å². The van der Waals surface area contributed by atoms with Crippen molar-refractivity contribution in [3.63, 3.8) is 0 Å². The summed E-state index contributed by atoms with van der Waals surface area (Å²) >= 11 is 0. The van der Waals surface area contributed by atoms with E-state index in [4.69, 9.17) is 5.73 Å². The van der Waals surface area contributed by atoms with Gasteiger partial charge in [-0.25, -0.2) is 4.98 Å². The molecule has 22 N–H and O–H groups in total. The second-order valence-corrected chi connectivity index (χ2v) is 29.4. The van der Waals surface area contributed by atoms with Crippen LogP contribution < -0.4 is 80.2 Å². The van der Waals surface area contributed by atoms with Crippen LogP contribution in [0.5, 0.6) is 5.75 Å². The molecule has 3 heterocycles. The number of phenolic OH excluding ortho intramolecular Hbond substituents is 1. The number of carbonyl (C=O) groups excluding carboxylic acids is 15. The van der Waals surface area contributed by atoms with E-state index >= 15 is 28.8 Å². The van der Waals surface area contributed by atoms with E-state index in [1.54, 1.807) is 95.4 Å². The van der Waals surface area contributed by atoms with E-state index in [-0.39, 0.29) is 94.2 Å². The van der Waals surface area contributed by atoms with E-state index in [0.29, 0.717) is 34.0 Å². The Morgan fingerprint density at radius 3 is 1.70 bits per heavy atom. The summed E-state index contributed by atoms with van der Waals surface area (Å²) in [6.07, 6.45) is -2.01. The number of hydrogen-bond acceptors (Lipinski definition) is 20. The predicted octanol–water partition coefficient (Wildman–Crippen LogP) is -2.97. The number of rotatable bonds is 36. The second kappa shape index (κ2) is 45.7. The number of aromatic nitrogens is 3. The molecule has 0 bridgehead atoms. The number of aliphatic hydroxyl groups is 3. The van der Waals surface area contributed by atoms with Gasteiger partial charge in [0.05, 0.1) is 31.6 Å². The number of fused-ring (bicyclic) bond motifs is 1. The van der Waals surface area contributed by atoms with Crippen LogP contribution in [0.15, 0.2) is 97.6 Å². The second-order valence-electron chi connectivity index (χ2n) is 29.4. The van der Waals surface area contributed by atoms with Gasteiger partial charge in [0.2, 0.25) is 88.6 Å². The van der Waals surface area contributed by atoms with Crippen molar-refractivity contribution in [2.45, 2.75) is 224 Å². The summed E-state index contributed by atoms with van der Waals surface area (Å²) in [5, 5.41) is 78.8. The van der Waals surface area contributed by atoms with Crippen molar-refractivity contribution in [3.05, 3.63) is 120 Å². The normalized spacial score (nSPS) is 19.0. The van der Waals surface area contributed by atoms with Crippen LogP contribution in [0.1, 0.15) is 136 Å². The Labute approximate surface area is 665 Å². The highest BCUT2D eigenvalue weighted by Gasteiger charge is 2.40. The number of amides is 15. The van der Waals surface area contributed by atoms with Crippen LogP contribution in [-0.4, -0.2) is 228 Å². The lowest BCUT2D eigenvalue weighted by molar-refractivity contribution is -0.137. The molecule has 1 aliphatic heterocycles. The van der Waals surface area contributed by atoms with Crippen LogP contribution in [0.2, 0.25) is 0 Å². The monoisotopic (exact) mass is 1600 g/mol. The maximum Gasteiger partial charge on any atom is 0.245 e. The van der Waals surface area contributed by atoms with E-state index in [1.165, 1.54) is 57.6 Å². The molecule has 1 aliphatic rings. The fourth-order valence-electron chi connectivity index (χ4n) is 12.6. The smallest absolute Gasteiger partial charge is 0.245 e. The van der Waals surface area contributed by atoms with E-state index in [2.05, 4.69) is 89.4 Å². The fraction of sp³-hybridized carbons (Fsp3) is 0.513. The molecular formula is C78H110N18O19. The van der Waals surface area contributed by atoms with Gasteiger partial charge in [0.15, 0.2) is 0 Å². The van der Waals surface area contributed by atoms with E-state index < -0.39 is 199 Å². The number of carbonyl (C=O) groups is 15. The number of H-pyrrole nitrogens is 2. The number of imidazole rings is 1. The van der Waals surface area contributed by atoms with Crippen LogP contribution in [0.4, 0.5) is 0 Å². The molecule has 1 fully saturated rings. The first-order valence-electron chi connectivity index (χ1n) is 38.4.